The molecule has 0 bridgehead atoms. The Morgan fingerprint density at radius 2 is 0.586 bits per heavy atom. The number of aromatic nitrogens is 15. The third-order valence-corrected chi connectivity index (χ3v) is 27.7. The first-order valence-electron chi connectivity index (χ1n) is 43.7. The van der Waals surface area contributed by atoms with Crippen molar-refractivity contribution in [2.24, 2.45) is 7.05 Å². The minimum absolute atomic E-state index is 0.526. The van der Waals surface area contributed by atoms with Gasteiger partial charge < -0.3 is 4.57 Å². The lowest BCUT2D eigenvalue weighted by Crippen LogP contribution is -2.03. The van der Waals surface area contributed by atoms with Gasteiger partial charge in [-0.1, -0.05) is 297 Å². The van der Waals surface area contributed by atoms with E-state index in [0.717, 1.165) is 89.1 Å². The molecule has 27 rings (SSSR count). The lowest BCUT2D eigenvalue weighted by molar-refractivity contribution is 0.982. The number of benzene rings is 15. The summed E-state index contributed by atoms with van der Waals surface area (Å²) in [7, 11) is 2.16. The standard InChI is InChI=1S/C39H24N4S.C37H22N6S.C20H14N4.C19H13NS/c1-3-11-25(12-4-1)32-21-27(22-33(42-32)26-13-5-2-6-14-26)28-23-40-39(41-24-28)43-34-17-9-7-15-29(34)30-19-20-36-37(38(30)43)31-16-8-10-18-35(31)44-36;1-3-11-23(12-4-1)34-40-35(24-13-5-2-6-14-24)42-36(41-34)25-21-38-37(39-22-25)43-28-17-9-7-15-26(28)32-29(43)19-20-31-33(32)27-16-8-10-18-30(27)44-31;1-3-8-15(9-4-1)18-22-19(16-10-5-2-6-11-16)24-20(23-18)17-12-7-13-21-14-17;1-20-16-8-4-2-6-12(16)14-10-15-13-7-3-5-9-18(13)21-19(15)11-17(14)20/h1-24H;1-22H;1-14H;2-11H,1H3. The SMILES string of the molecule is Cn1c2ccccc2c2cc3c(cc21)sc1ccccc13.c1ccc(-c2cc(-c3cnc(-n4c5ccccc5c5ccc6sc7ccccc7c6c54)nc3)cc(-c3ccccc3)n2)cc1.c1ccc(-c2nc(-c3ccccc3)nc(-c3cccnc3)n2)cc1.c1ccc(-c2nc(-c3ccccc3)nc(-c3cnc(-n4c5ccccc5c5c6c(ccc54)sc4ccccc46)nc3)n2)cc1. The molecule has 0 aliphatic rings. The number of aryl methyl sites for hydroxylation is 1. The molecule has 0 amide bonds. The fourth-order valence-electron chi connectivity index (χ4n) is 18.1. The lowest BCUT2D eigenvalue weighted by atomic mass is 10.0. The Bertz CT molecular complexity index is 8810. The molecule has 15 nitrogen and oxygen atoms in total. The van der Waals surface area contributed by atoms with Crippen LogP contribution in [0.2, 0.25) is 0 Å². The van der Waals surface area contributed by atoms with E-state index in [1.54, 1.807) is 24.8 Å². The summed E-state index contributed by atoms with van der Waals surface area (Å²) in [6, 6.07) is 134. The van der Waals surface area contributed by atoms with E-state index in [9.17, 15) is 0 Å². The van der Waals surface area contributed by atoms with Gasteiger partial charge in [-0.2, -0.15) is 0 Å². The highest BCUT2D eigenvalue weighted by atomic mass is 32.1. The van der Waals surface area contributed by atoms with Crippen LogP contribution >= 0.6 is 34.0 Å². The van der Waals surface area contributed by atoms with Crippen LogP contribution in [0.15, 0.2) is 425 Å². The normalized spacial score (nSPS) is 11.5. The van der Waals surface area contributed by atoms with E-state index < -0.39 is 0 Å². The fourth-order valence-corrected chi connectivity index (χ4v) is 21.4. The predicted molar refractivity (Wildman–Crippen MR) is 550 cm³/mol. The summed E-state index contributed by atoms with van der Waals surface area (Å²) < 4.78 is 14.5. The maximum atomic E-state index is 5.03. The van der Waals surface area contributed by atoms with E-state index in [4.69, 9.17) is 39.9 Å². The van der Waals surface area contributed by atoms with Gasteiger partial charge in [0, 0.05) is 187 Å². The van der Waals surface area contributed by atoms with Crippen molar-refractivity contribution < 1.29 is 0 Å². The molecule has 0 saturated carbocycles. The van der Waals surface area contributed by atoms with E-state index >= 15 is 0 Å². The second-order valence-electron chi connectivity index (χ2n) is 32.3. The average molecular weight is 1760 g/mol. The average Bonchev–Trinajstić information content (AvgIpc) is 1.56. The summed E-state index contributed by atoms with van der Waals surface area (Å²) in [6.45, 7) is 0. The van der Waals surface area contributed by atoms with Gasteiger partial charge in [0.2, 0.25) is 11.9 Å². The number of nitrogens with zero attached hydrogens (tertiary/aromatic N) is 15. The molecular weight excluding hydrogens is 1690 g/mol. The Balaban J connectivity index is 0.000000102. The van der Waals surface area contributed by atoms with Crippen LogP contribution in [0.4, 0.5) is 0 Å². The van der Waals surface area contributed by atoms with Gasteiger partial charge in [0.15, 0.2) is 34.9 Å². The van der Waals surface area contributed by atoms with Gasteiger partial charge in [-0.3, -0.25) is 14.1 Å². The third-order valence-electron chi connectivity index (χ3n) is 24.3. The first-order valence-corrected chi connectivity index (χ1v) is 46.2. The van der Waals surface area contributed by atoms with Crippen LogP contribution in [0.1, 0.15) is 0 Å². The first kappa shape index (κ1) is 79.3. The van der Waals surface area contributed by atoms with Crippen molar-refractivity contribution in [1.29, 1.82) is 0 Å². The summed E-state index contributed by atoms with van der Waals surface area (Å²) >= 11 is 5.54. The van der Waals surface area contributed by atoms with Crippen molar-refractivity contribution in [3.63, 3.8) is 0 Å². The lowest BCUT2D eigenvalue weighted by Gasteiger charge is -2.11. The molecule has 0 aliphatic carbocycles. The van der Waals surface area contributed by atoms with Gasteiger partial charge in [0.05, 0.1) is 44.5 Å². The van der Waals surface area contributed by atoms with Gasteiger partial charge in [-0.25, -0.2) is 54.8 Å². The van der Waals surface area contributed by atoms with Crippen molar-refractivity contribution in [2.45, 2.75) is 0 Å². The fraction of sp³-hybridized carbons (Fsp3) is 0.00870. The van der Waals surface area contributed by atoms with E-state index in [0.29, 0.717) is 46.8 Å². The Hall–Kier alpha value is -17.2. The molecule has 0 saturated heterocycles. The number of pyridine rings is 2. The summed E-state index contributed by atoms with van der Waals surface area (Å²) in [5.74, 6) is 4.92. The molecule has 0 fully saturated rings. The van der Waals surface area contributed by atoms with E-state index in [1.165, 1.54) is 104 Å². The number of thiophene rings is 3. The molecular formula is C115H73N15S3. The number of hydrogen-bond donors (Lipinski definition) is 0. The molecule has 0 aliphatic heterocycles. The van der Waals surface area contributed by atoms with Crippen LogP contribution in [0.25, 0.3) is 240 Å². The minimum atomic E-state index is 0.526. The quantitative estimate of drug-likeness (QED) is 0.120. The van der Waals surface area contributed by atoms with Crippen molar-refractivity contribution in [2.75, 3.05) is 0 Å². The number of hydrogen-bond acceptors (Lipinski definition) is 15. The van der Waals surface area contributed by atoms with Crippen LogP contribution in [-0.2, 0) is 7.05 Å². The van der Waals surface area contributed by atoms with Crippen molar-refractivity contribution >= 4 is 160 Å². The second kappa shape index (κ2) is 34.1. The van der Waals surface area contributed by atoms with Crippen molar-refractivity contribution in [1.82, 2.24) is 73.5 Å². The van der Waals surface area contributed by atoms with Gasteiger partial charge in [0.1, 0.15) is 0 Å². The largest absolute Gasteiger partial charge is 0.344 e. The Labute approximate surface area is 774 Å². The van der Waals surface area contributed by atoms with Crippen LogP contribution in [0, 0.1) is 0 Å². The second-order valence-corrected chi connectivity index (χ2v) is 35.6. The van der Waals surface area contributed by atoms with Gasteiger partial charge >= 0.3 is 0 Å². The Morgan fingerprint density at radius 1 is 0.203 bits per heavy atom. The molecule has 18 heteroatoms. The van der Waals surface area contributed by atoms with Gasteiger partial charge in [0.25, 0.3) is 0 Å². The Kier molecular flexibility index (Phi) is 20.3. The molecule has 0 spiro atoms. The first-order chi connectivity index (χ1) is 65.9. The van der Waals surface area contributed by atoms with Crippen LogP contribution in [-0.4, -0.2) is 73.5 Å². The summed E-state index contributed by atoms with van der Waals surface area (Å²) in [6.07, 6.45) is 11.0. The molecule has 0 radical (unpaired) electrons. The van der Waals surface area contributed by atoms with Crippen LogP contribution in [0.5, 0.6) is 0 Å². The molecule has 12 aromatic heterocycles. The zero-order valence-corrected chi connectivity index (χ0v) is 73.8. The molecule has 12 heterocycles. The monoisotopic (exact) mass is 1760 g/mol. The van der Waals surface area contributed by atoms with Crippen molar-refractivity contribution in [3.8, 4) is 114 Å². The van der Waals surface area contributed by atoms with E-state index in [-0.39, 0.29) is 0 Å². The molecule has 0 atom stereocenters. The predicted octanol–water partition coefficient (Wildman–Crippen LogP) is 29.4. The zero-order chi connectivity index (χ0) is 88.2. The third kappa shape index (κ3) is 14.8. The summed E-state index contributed by atoms with van der Waals surface area (Å²) in [5, 5.41) is 15.3. The molecule has 626 valence electrons. The van der Waals surface area contributed by atoms with Gasteiger partial charge in [-0.15, -0.1) is 34.0 Å². The smallest absolute Gasteiger partial charge is 0.234 e. The van der Waals surface area contributed by atoms with Crippen molar-refractivity contribution in [3.05, 3.63) is 425 Å². The van der Waals surface area contributed by atoms with E-state index in [2.05, 4.69) is 259 Å². The van der Waals surface area contributed by atoms with Gasteiger partial charge in [-0.05, 0) is 96.6 Å². The number of para-hydroxylation sites is 3. The van der Waals surface area contributed by atoms with E-state index in [1.807, 2.05) is 216 Å². The maximum absolute atomic E-state index is 5.03. The number of fused-ring (bicyclic) bond motifs is 20. The maximum Gasteiger partial charge on any atom is 0.234 e. The zero-order valence-electron chi connectivity index (χ0n) is 71.3. The molecule has 0 unspecified atom stereocenters. The van der Waals surface area contributed by atoms with Crippen LogP contribution in [0.3, 0.4) is 0 Å². The molecule has 0 N–H and O–H groups in total. The molecule has 15 aromatic carbocycles. The summed E-state index contributed by atoms with van der Waals surface area (Å²) in [4.78, 5) is 57.4. The topological polar surface area (TPSA) is 169 Å². The highest BCUT2D eigenvalue weighted by Gasteiger charge is 2.24. The Morgan fingerprint density at radius 3 is 1.11 bits per heavy atom. The highest BCUT2D eigenvalue weighted by Crippen LogP contribution is 2.47. The minimum Gasteiger partial charge on any atom is -0.344 e. The highest BCUT2D eigenvalue weighted by molar-refractivity contribution is 7.26. The van der Waals surface area contributed by atoms with Crippen LogP contribution < -0.4 is 0 Å². The number of rotatable bonds is 11. The molecule has 133 heavy (non-hydrogen) atoms. The molecule has 27 aromatic rings. The summed E-state index contributed by atoms with van der Waals surface area (Å²) in [5.41, 5.74) is 18.3.